The molecule has 7 heteroatoms. The number of hydrogen-bond acceptors (Lipinski definition) is 4. The Morgan fingerprint density at radius 1 is 1.16 bits per heavy atom. The third-order valence-electron chi connectivity index (χ3n) is 3.23. The lowest BCUT2D eigenvalue weighted by atomic mass is 9.77. The quantitative estimate of drug-likeness (QED) is 0.922. The van der Waals surface area contributed by atoms with Crippen LogP contribution in [-0.2, 0) is 5.54 Å². The molecule has 1 aromatic carbocycles. The van der Waals surface area contributed by atoms with Gasteiger partial charge in [-0.15, -0.1) is 12.4 Å². The molecule has 4 nitrogen and oxygen atoms in total. The van der Waals surface area contributed by atoms with Crippen LogP contribution in [0.3, 0.4) is 0 Å². The minimum absolute atomic E-state index is 0. The minimum Gasteiger partial charge on any atom is -0.334 e. The number of nitrogens with two attached hydrogens (primary N) is 1. The Labute approximate surface area is 114 Å². The molecule has 0 atom stereocenters. The number of benzene rings is 1. The third kappa shape index (κ3) is 2.46. The normalized spacial score (nSPS) is 16.6. The van der Waals surface area contributed by atoms with E-state index in [0.717, 1.165) is 37.5 Å². The van der Waals surface area contributed by atoms with Crippen molar-refractivity contribution in [1.82, 2.24) is 10.1 Å². The second-order valence-corrected chi connectivity index (χ2v) is 4.59. The molecular weight excluding hydrogens is 276 g/mol. The first kappa shape index (κ1) is 13.9. The molecule has 1 heterocycles. The van der Waals surface area contributed by atoms with Gasteiger partial charge in [-0.1, -0.05) is 5.16 Å². The first-order valence-electron chi connectivity index (χ1n) is 5.66. The molecule has 1 fully saturated rings. The fourth-order valence-corrected chi connectivity index (χ4v) is 2.00. The van der Waals surface area contributed by atoms with E-state index in [-0.39, 0.29) is 23.9 Å². The van der Waals surface area contributed by atoms with Crippen LogP contribution in [0.15, 0.2) is 22.7 Å². The van der Waals surface area contributed by atoms with Crippen LogP contribution in [0.25, 0.3) is 11.5 Å². The summed E-state index contributed by atoms with van der Waals surface area (Å²) < 4.78 is 31.2. The van der Waals surface area contributed by atoms with E-state index >= 15 is 0 Å². The summed E-state index contributed by atoms with van der Waals surface area (Å²) in [6.45, 7) is 0. The second kappa shape index (κ2) is 4.86. The largest absolute Gasteiger partial charge is 0.334 e. The van der Waals surface area contributed by atoms with Gasteiger partial charge in [-0.05, 0) is 31.4 Å². The molecule has 1 aliphatic rings. The van der Waals surface area contributed by atoms with Crippen LogP contribution in [0.2, 0.25) is 0 Å². The van der Waals surface area contributed by atoms with Gasteiger partial charge in [0.1, 0.15) is 11.6 Å². The van der Waals surface area contributed by atoms with Crippen molar-refractivity contribution in [3.63, 3.8) is 0 Å². The summed E-state index contributed by atoms with van der Waals surface area (Å²) in [5.41, 5.74) is 5.71. The average Bonchev–Trinajstić information content (AvgIpc) is 2.74. The maximum absolute atomic E-state index is 13.1. The number of rotatable bonds is 2. The van der Waals surface area contributed by atoms with E-state index in [9.17, 15) is 8.78 Å². The van der Waals surface area contributed by atoms with E-state index in [1.165, 1.54) is 0 Å². The highest BCUT2D eigenvalue weighted by molar-refractivity contribution is 5.85. The maximum atomic E-state index is 13.1. The van der Waals surface area contributed by atoms with Crippen LogP contribution in [0.1, 0.15) is 25.1 Å². The molecule has 19 heavy (non-hydrogen) atoms. The first-order valence-corrected chi connectivity index (χ1v) is 5.66. The van der Waals surface area contributed by atoms with Crippen molar-refractivity contribution in [2.24, 2.45) is 5.73 Å². The fourth-order valence-electron chi connectivity index (χ4n) is 2.00. The lowest BCUT2D eigenvalue weighted by molar-refractivity contribution is 0.229. The first-order chi connectivity index (χ1) is 8.57. The molecule has 1 aliphatic carbocycles. The number of aromatic nitrogens is 2. The fraction of sp³-hybridized carbons (Fsp3) is 0.333. The highest BCUT2D eigenvalue weighted by Gasteiger charge is 2.39. The van der Waals surface area contributed by atoms with Crippen molar-refractivity contribution >= 4 is 12.4 Å². The van der Waals surface area contributed by atoms with Crippen LogP contribution in [0.5, 0.6) is 0 Å². The molecule has 102 valence electrons. The molecule has 2 N–H and O–H groups in total. The second-order valence-electron chi connectivity index (χ2n) is 4.59. The SMILES string of the molecule is Cl.NC1(c2noc(-c3cc(F)cc(F)c3)n2)CCC1. The van der Waals surface area contributed by atoms with Gasteiger partial charge in [0, 0.05) is 11.6 Å². The zero-order valence-electron chi connectivity index (χ0n) is 9.90. The van der Waals surface area contributed by atoms with Gasteiger partial charge in [-0.2, -0.15) is 4.98 Å². The zero-order chi connectivity index (χ0) is 12.8. The van der Waals surface area contributed by atoms with E-state index in [1.54, 1.807) is 0 Å². The Morgan fingerprint density at radius 3 is 2.32 bits per heavy atom. The van der Waals surface area contributed by atoms with E-state index in [0.29, 0.717) is 5.82 Å². The predicted octanol–water partition coefficient (Wildman–Crippen LogP) is 2.77. The van der Waals surface area contributed by atoms with E-state index < -0.39 is 17.2 Å². The number of hydrogen-bond donors (Lipinski definition) is 1. The van der Waals surface area contributed by atoms with Gasteiger partial charge in [0.25, 0.3) is 5.89 Å². The van der Waals surface area contributed by atoms with Crippen LogP contribution < -0.4 is 5.73 Å². The standard InChI is InChI=1S/C12H11F2N3O.ClH/c13-8-4-7(5-9(14)6-8)10-16-11(17-18-10)12(15)2-1-3-12;/h4-6H,1-3,15H2;1H. The summed E-state index contributed by atoms with van der Waals surface area (Å²) in [5.74, 6) is -0.889. The molecule has 0 radical (unpaired) electrons. The van der Waals surface area contributed by atoms with Crippen molar-refractivity contribution in [1.29, 1.82) is 0 Å². The zero-order valence-corrected chi connectivity index (χ0v) is 10.7. The van der Waals surface area contributed by atoms with Gasteiger partial charge in [0.15, 0.2) is 5.82 Å². The molecule has 0 spiro atoms. The maximum Gasteiger partial charge on any atom is 0.258 e. The Bertz CT molecular complexity index is 578. The van der Waals surface area contributed by atoms with Gasteiger partial charge >= 0.3 is 0 Å². The molecule has 0 bridgehead atoms. The Kier molecular flexibility index (Phi) is 3.56. The summed E-state index contributed by atoms with van der Waals surface area (Å²) in [7, 11) is 0. The van der Waals surface area contributed by atoms with Crippen LogP contribution in [0.4, 0.5) is 8.78 Å². The molecule has 0 aliphatic heterocycles. The molecule has 0 saturated heterocycles. The van der Waals surface area contributed by atoms with Crippen molar-refractivity contribution < 1.29 is 13.3 Å². The van der Waals surface area contributed by atoms with Gasteiger partial charge in [0.05, 0.1) is 5.54 Å². The molecule has 0 unspecified atom stereocenters. The minimum atomic E-state index is -0.684. The van der Waals surface area contributed by atoms with Gasteiger partial charge in [0.2, 0.25) is 0 Å². The van der Waals surface area contributed by atoms with E-state index in [1.807, 2.05) is 0 Å². The molecule has 1 aromatic heterocycles. The monoisotopic (exact) mass is 287 g/mol. The highest BCUT2D eigenvalue weighted by Crippen LogP contribution is 2.37. The molecular formula is C12H12ClF2N3O. The van der Waals surface area contributed by atoms with Gasteiger partial charge in [-0.3, -0.25) is 0 Å². The Balaban J connectivity index is 0.00000133. The number of nitrogens with zero attached hydrogens (tertiary/aromatic N) is 2. The summed E-state index contributed by atoms with van der Waals surface area (Å²) in [5, 5.41) is 3.79. The summed E-state index contributed by atoms with van der Waals surface area (Å²) >= 11 is 0. The topological polar surface area (TPSA) is 64.9 Å². The van der Waals surface area contributed by atoms with Gasteiger partial charge in [-0.25, -0.2) is 8.78 Å². The van der Waals surface area contributed by atoms with Gasteiger partial charge < -0.3 is 10.3 Å². The van der Waals surface area contributed by atoms with E-state index in [2.05, 4.69) is 10.1 Å². The Morgan fingerprint density at radius 2 is 1.79 bits per heavy atom. The Hall–Kier alpha value is -1.53. The third-order valence-corrected chi connectivity index (χ3v) is 3.23. The van der Waals surface area contributed by atoms with Crippen molar-refractivity contribution in [2.45, 2.75) is 24.8 Å². The lowest BCUT2D eigenvalue weighted by Gasteiger charge is -2.34. The van der Waals surface area contributed by atoms with Crippen molar-refractivity contribution in [3.05, 3.63) is 35.7 Å². The molecule has 1 saturated carbocycles. The predicted molar refractivity (Wildman–Crippen MR) is 66.6 cm³/mol. The summed E-state index contributed by atoms with van der Waals surface area (Å²) in [6, 6.07) is 3.08. The average molecular weight is 288 g/mol. The lowest BCUT2D eigenvalue weighted by Crippen LogP contribution is -2.44. The van der Waals surface area contributed by atoms with Crippen molar-refractivity contribution in [3.8, 4) is 11.5 Å². The summed E-state index contributed by atoms with van der Waals surface area (Å²) in [4.78, 5) is 4.12. The van der Waals surface area contributed by atoms with Crippen molar-refractivity contribution in [2.75, 3.05) is 0 Å². The summed E-state index contributed by atoms with van der Waals surface area (Å²) in [6.07, 6.45) is 2.61. The smallest absolute Gasteiger partial charge is 0.258 e. The molecule has 3 rings (SSSR count). The van der Waals surface area contributed by atoms with Crippen LogP contribution in [0, 0.1) is 11.6 Å². The van der Waals surface area contributed by atoms with Crippen LogP contribution in [-0.4, -0.2) is 10.1 Å². The van der Waals surface area contributed by atoms with Crippen LogP contribution >= 0.6 is 12.4 Å². The molecule has 0 amide bonds. The highest BCUT2D eigenvalue weighted by atomic mass is 35.5. The molecule has 2 aromatic rings. The number of halogens is 3. The van der Waals surface area contributed by atoms with E-state index in [4.69, 9.17) is 10.3 Å².